The summed E-state index contributed by atoms with van der Waals surface area (Å²) in [6.45, 7) is 1.86. The first kappa shape index (κ1) is 13.2. The molecule has 0 spiro atoms. The van der Waals surface area contributed by atoms with Crippen molar-refractivity contribution in [3.05, 3.63) is 68.4 Å². The minimum Gasteiger partial charge on any atom is -0.289 e. The highest BCUT2D eigenvalue weighted by Gasteiger charge is 2.12. The van der Waals surface area contributed by atoms with E-state index in [1.165, 1.54) is 12.1 Å². The van der Waals surface area contributed by atoms with Crippen molar-refractivity contribution < 1.29 is 9.18 Å². The zero-order valence-electron chi connectivity index (χ0n) is 9.51. The Balaban J connectivity index is 2.41. The maximum Gasteiger partial charge on any atom is 0.193 e. The molecule has 2 rings (SSSR count). The topological polar surface area (TPSA) is 17.1 Å². The number of hydrogen-bond donors (Lipinski definition) is 0. The maximum absolute atomic E-state index is 13.4. The molecule has 0 fully saturated rings. The van der Waals surface area contributed by atoms with Crippen molar-refractivity contribution in [1.29, 1.82) is 0 Å². The van der Waals surface area contributed by atoms with Crippen LogP contribution in [0.4, 0.5) is 4.39 Å². The summed E-state index contributed by atoms with van der Waals surface area (Å²) < 4.78 is 13.7. The molecule has 0 aromatic heterocycles. The number of benzene rings is 2. The summed E-state index contributed by atoms with van der Waals surface area (Å²) in [7, 11) is 0. The van der Waals surface area contributed by atoms with E-state index in [9.17, 15) is 9.18 Å². The van der Waals surface area contributed by atoms with E-state index in [-0.39, 0.29) is 5.78 Å². The van der Waals surface area contributed by atoms with Gasteiger partial charge in [0.25, 0.3) is 0 Å². The van der Waals surface area contributed by atoms with Crippen LogP contribution in [0.2, 0.25) is 5.02 Å². The lowest BCUT2D eigenvalue weighted by atomic mass is 10.0. The van der Waals surface area contributed by atoms with Gasteiger partial charge in [-0.3, -0.25) is 4.79 Å². The maximum atomic E-state index is 13.4. The molecule has 0 amide bonds. The summed E-state index contributed by atoms with van der Waals surface area (Å²) in [5, 5.41) is 0.526. The van der Waals surface area contributed by atoms with E-state index in [4.69, 9.17) is 11.6 Å². The molecular formula is C14H9BrClFO. The SMILES string of the molecule is Cc1ccc(C(=O)c2ccc(Br)c(F)c2)cc1Cl. The number of rotatable bonds is 2. The van der Waals surface area contributed by atoms with Crippen LogP contribution >= 0.6 is 27.5 Å². The second-order valence-electron chi connectivity index (χ2n) is 3.92. The van der Waals surface area contributed by atoms with Crippen LogP contribution in [0.3, 0.4) is 0 Å². The lowest BCUT2D eigenvalue weighted by Crippen LogP contribution is -2.02. The minimum atomic E-state index is -0.459. The van der Waals surface area contributed by atoms with Crippen LogP contribution in [0, 0.1) is 12.7 Å². The molecule has 0 heterocycles. The van der Waals surface area contributed by atoms with Gasteiger partial charge in [-0.2, -0.15) is 0 Å². The summed E-state index contributed by atoms with van der Waals surface area (Å²) in [4.78, 5) is 12.1. The predicted molar refractivity (Wildman–Crippen MR) is 73.7 cm³/mol. The second-order valence-corrected chi connectivity index (χ2v) is 5.18. The van der Waals surface area contributed by atoms with Crippen LogP contribution in [-0.2, 0) is 0 Å². The van der Waals surface area contributed by atoms with E-state index in [0.717, 1.165) is 5.56 Å². The molecule has 92 valence electrons. The molecule has 0 aliphatic carbocycles. The van der Waals surface area contributed by atoms with Crippen LogP contribution in [0.25, 0.3) is 0 Å². The normalized spacial score (nSPS) is 10.4. The van der Waals surface area contributed by atoms with E-state index in [2.05, 4.69) is 15.9 Å². The van der Waals surface area contributed by atoms with E-state index in [1.54, 1.807) is 24.3 Å². The third-order valence-electron chi connectivity index (χ3n) is 2.62. The fourth-order valence-electron chi connectivity index (χ4n) is 1.54. The van der Waals surface area contributed by atoms with E-state index < -0.39 is 5.82 Å². The summed E-state index contributed by atoms with van der Waals surface area (Å²) in [6.07, 6.45) is 0. The Morgan fingerprint density at radius 1 is 1.17 bits per heavy atom. The van der Waals surface area contributed by atoms with Crippen molar-refractivity contribution in [3.63, 3.8) is 0 Å². The molecule has 0 saturated heterocycles. The Bertz CT molecular complexity index is 572. The van der Waals surface area contributed by atoms with Crippen LogP contribution in [0.1, 0.15) is 21.5 Å². The molecule has 0 atom stereocenters. The molecule has 0 bridgehead atoms. The fraction of sp³-hybridized carbons (Fsp3) is 0.0714. The van der Waals surface area contributed by atoms with Gasteiger partial charge >= 0.3 is 0 Å². The molecule has 0 unspecified atom stereocenters. The summed E-state index contributed by atoms with van der Waals surface area (Å²) in [5.74, 6) is -0.706. The van der Waals surface area contributed by atoms with Crippen molar-refractivity contribution in [2.24, 2.45) is 0 Å². The summed E-state index contributed by atoms with van der Waals surface area (Å²) in [5.41, 5.74) is 1.65. The average Bonchev–Trinajstić information content (AvgIpc) is 2.35. The van der Waals surface area contributed by atoms with Gasteiger partial charge in [-0.1, -0.05) is 23.7 Å². The first-order valence-corrected chi connectivity index (χ1v) is 6.42. The van der Waals surface area contributed by atoms with Crippen molar-refractivity contribution >= 4 is 33.3 Å². The predicted octanol–water partition coefficient (Wildman–Crippen LogP) is 4.78. The fourth-order valence-corrected chi connectivity index (χ4v) is 1.97. The summed E-state index contributed by atoms with van der Waals surface area (Å²) >= 11 is 9.02. The van der Waals surface area contributed by atoms with Crippen LogP contribution in [0.5, 0.6) is 0 Å². The van der Waals surface area contributed by atoms with Crippen molar-refractivity contribution in [2.75, 3.05) is 0 Å². The van der Waals surface area contributed by atoms with Gasteiger partial charge in [-0.25, -0.2) is 4.39 Å². The molecule has 0 radical (unpaired) electrons. The Morgan fingerprint density at radius 3 is 2.39 bits per heavy atom. The standard InChI is InChI=1S/C14H9BrClFO/c1-8-2-3-9(6-12(8)16)14(18)10-4-5-11(15)13(17)7-10/h2-7H,1H3. The first-order chi connectivity index (χ1) is 8.49. The van der Waals surface area contributed by atoms with Crippen molar-refractivity contribution in [3.8, 4) is 0 Å². The molecule has 1 nitrogen and oxygen atoms in total. The number of carbonyl (C=O) groups is 1. The molecule has 0 saturated carbocycles. The molecule has 4 heteroatoms. The highest BCUT2D eigenvalue weighted by molar-refractivity contribution is 9.10. The lowest BCUT2D eigenvalue weighted by molar-refractivity contribution is 0.103. The van der Waals surface area contributed by atoms with E-state index in [0.29, 0.717) is 20.6 Å². The number of halogens is 3. The Morgan fingerprint density at radius 2 is 1.78 bits per heavy atom. The minimum absolute atomic E-state index is 0.247. The van der Waals surface area contributed by atoms with E-state index in [1.807, 2.05) is 6.92 Å². The van der Waals surface area contributed by atoms with Gasteiger partial charge in [0, 0.05) is 16.1 Å². The molecule has 2 aromatic rings. The largest absolute Gasteiger partial charge is 0.289 e. The average molecular weight is 328 g/mol. The molecular weight excluding hydrogens is 319 g/mol. The molecule has 18 heavy (non-hydrogen) atoms. The Hall–Kier alpha value is -1.19. The van der Waals surface area contributed by atoms with Gasteiger partial charge in [-0.05, 0) is 52.7 Å². The zero-order chi connectivity index (χ0) is 13.3. The molecule has 0 aliphatic heterocycles. The number of ketones is 1. The second kappa shape index (κ2) is 5.21. The van der Waals surface area contributed by atoms with Crippen LogP contribution in [0.15, 0.2) is 40.9 Å². The van der Waals surface area contributed by atoms with Gasteiger partial charge in [0.2, 0.25) is 0 Å². The quantitative estimate of drug-likeness (QED) is 0.725. The summed E-state index contributed by atoms with van der Waals surface area (Å²) in [6, 6.07) is 9.34. The molecule has 0 N–H and O–H groups in total. The Kier molecular flexibility index (Phi) is 3.83. The number of carbonyl (C=O) groups excluding carboxylic acids is 1. The van der Waals surface area contributed by atoms with E-state index >= 15 is 0 Å². The smallest absolute Gasteiger partial charge is 0.193 e. The van der Waals surface area contributed by atoms with Gasteiger partial charge in [0.05, 0.1) is 4.47 Å². The van der Waals surface area contributed by atoms with Gasteiger partial charge < -0.3 is 0 Å². The van der Waals surface area contributed by atoms with Gasteiger partial charge in [0.1, 0.15) is 5.82 Å². The number of hydrogen-bond acceptors (Lipinski definition) is 1. The van der Waals surface area contributed by atoms with Crippen molar-refractivity contribution in [1.82, 2.24) is 0 Å². The van der Waals surface area contributed by atoms with Crippen LogP contribution in [-0.4, -0.2) is 5.78 Å². The zero-order valence-corrected chi connectivity index (χ0v) is 11.8. The monoisotopic (exact) mass is 326 g/mol. The van der Waals surface area contributed by atoms with Gasteiger partial charge in [0.15, 0.2) is 5.78 Å². The van der Waals surface area contributed by atoms with Crippen LogP contribution < -0.4 is 0 Å². The molecule has 0 aliphatic rings. The van der Waals surface area contributed by atoms with Crippen molar-refractivity contribution in [2.45, 2.75) is 6.92 Å². The molecule has 2 aromatic carbocycles. The number of aryl methyl sites for hydroxylation is 1. The third-order valence-corrected chi connectivity index (χ3v) is 3.67. The first-order valence-electron chi connectivity index (χ1n) is 5.25. The lowest BCUT2D eigenvalue weighted by Gasteiger charge is -2.04. The third kappa shape index (κ3) is 2.62. The highest BCUT2D eigenvalue weighted by atomic mass is 79.9. The highest BCUT2D eigenvalue weighted by Crippen LogP contribution is 2.21. The van der Waals surface area contributed by atoms with Gasteiger partial charge in [-0.15, -0.1) is 0 Å². The Labute approximate surface area is 118 Å².